The Morgan fingerprint density at radius 1 is 0.376 bits per heavy atom. The summed E-state index contributed by atoms with van der Waals surface area (Å²) < 4.78 is 24.4. The first-order valence-corrected chi connectivity index (χ1v) is 30.8. The van der Waals surface area contributed by atoms with E-state index >= 15 is 0 Å². The molecule has 3 aromatic rings. The van der Waals surface area contributed by atoms with Crippen LogP contribution in [0, 0.1) is 22.2 Å². The van der Waals surface area contributed by atoms with Crippen LogP contribution in [0.25, 0.3) is 0 Å². The van der Waals surface area contributed by atoms with Crippen molar-refractivity contribution in [1.82, 2.24) is 0 Å². The second-order valence-corrected chi connectivity index (χ2v) is 32.7. The van der Waals surface area contributed by atoms with Gasteiger partial charge in [0, 0.05) is 31.6 Å². The van der Waals surface area contributed by atoms with Crippen LogP contribution in [-0.2, 0) is 89.9 Å². The number of aromatic hydroxyl groups is 3. The Labute approximate surface area is 512 Å². The second kappa shape index (κ2) is 26.8. The molecule has 0 aromatic heterocycles. The summed E-state index contributed by atoms with van der Waals surface area (Å²) in [4.78, 5) is 56.4. The zero-order chi connectivity index (χ0) is 65.0. The summed E-state index contributed by atoms with van der Waals surface area (Å²) in [6, 6.07) is 11.5. The van der Waals surface area contributed by atoms with E-state index in [4.69, 9.17) is 18.9 Å². The monoisotopic (exact) mass is 1180 g/mol. The maximum Gasteiger partial charge on any atom is 0.306 e. The molecule has 85 heavy (non-hydrogen) atoms. The molecule has 12 nitrogen and oxygen atoms in total. The largest absolute Gasteiger partial charge is 0.507 e. The zero-order valence-electron chi connectivity index (χ0n) is 56.8. The van der Waals surface area contributed by atoms with Gasteiger partial charge in [0.15, 0.2) is 0 Å². The van der Waals surface area contributed by atoms with Crippen LogP contribution in [0.2, 0.25) is 0 Å². The lowest BCUT2D eigenvalue weighted by Crippen LogP contribution is -2.44. The molecule has 12 heteroatoms. The predicted octanol–water partition coefficient (Wildman–Crippen LogP) is 15.7. The lowest BCUT2D eigenvalue weighted by molar-refractivity contribution is -0.170. The van der Waals surface area contributed by atoms with Gasteiger partial charge in [0.1, 0.15) is 49.1 Å². The first-order chi connectivity index (χ1) is 38.4. The number of hydrogen-bond donors (Lipinski definition) is 4. The van der Waals surface area contributed by atoms with E-state index in [0.717, 1.165) is 61.2 Å². The predicted molar refractivity (Wildman–Crippen MR) is 342 cm³/mol. The Kier molecular flexibility index (Phi) is 22.6. The van der Waals surface area contributed by atoms with E-state index in [9.17, 15) is 39.6 Å². The van der Waals surface area contributed by atoms with Crippen LogP contribution in [0.4, 0.5) is 0 Å². The van der Waals surface area contributed by atoms with E-state index in [1.807, 2.05) is 173 Å². The number of phenols is 3. The molecule has 1 aliphatic rings. The van der Waals surface area contributed by atoms with Gasteiger partial charge in [0.05, 0.1) is 6.10 Å². The van der Waals surface area contributed by atoms with Gasteiger partial charge in [-0.25, -0.2) is 0 Å². The third-order valence-electron chi connectivity index (χ3n) is 16.2. The molecular formula is C73H110O12. The van der Waals surface area contributed by atoms with Crippen LogP contribution < -0.4 is 0 Å². The number of aliphatic hydroxyl groups excluding tert-OH is 1. The highest BCUT2D eigenvalue weighted by Crippen LogP contribution is 2.45. The van der Waals surface area contributed by atoms with Gasteiger partial charge < -0.3 is 39.4 Å². The first kappa shape index (κ1) is 71.9. The van der Waals surface area contributed by atoms with E-state index in [2.05, 4.69) is 41.5 Å². The van der Waals surface area contributed by atoms with Crippen LogP contribution in [0.1, 0.15) is 248 Å². The molecule has 0 amide bonds. The lowest BCUT2D eigenvalue weighted by Gasteiger charge is -2.40. The number of benzene rings is 3. The summed E-state index contributed by atoms with van der Waals surface area (Å²) in [5.41, 5.74) is 4.26. The third kappa shape index (κ3) is 20.2. The number of phenolic OH excluding ortho intramolecular Hbond substituents is 3. The van der Waals surface area contributed by atoms with E-state index in [1.165, 1.54) is 0 Å². The van der Waals surface area contributed by atoms with Gasteiger partial charge in [-0.15, -0.1) is 0 Å². The molecule has 0 spiro atoms. The van der Waals surface area contributed by atoms with Crippen molar-refractivity contribution in [2.75, 3.05) is 26.4 Å². The number of carbonyl (C=O) groups excluding carboxylic acids is 4. The van der Waals surface area contributed by atoms with E-state index in [0.29, 0.717) is 6.42 Å². The minimum Gasteiger partial charge on any atom is -0.507 e. The van der Waals surface area contributed by atoms with Crippen molar-refractivity contribution >= 4 is 23.9 Å². The molecule has 1 aliphatic carbocycles. The summed E-state index contributed by atoms with van der Waals surface area (Å²) in [5.74, 6) is -1.88. The Morgan fingerprint density at radius 2 is 0.612 bits per heavy atom. The molecular weight excluding hydrogens is 1070 g/mol. The first-order valence-electron chi connectivity index (χ1n) is 30.8. The highest BCUT2D eigenvalue weighted by atomic mass is 16.6. The quantitative estimate of drug-likeness (QED) is 0.0621. The Balaban J connectivity index is 1.75. The molecule has 3 aromatic carbocycles. The number of esters is 4. The Morgan fingerprint density at radius 3 is 0.824 bits per heavy atom. The van der Waals surface area contributed by atoms with Crippen molar-refractivity contribution in [2.24, 2.45) is 22.2 Å². The maximum absolute atomic E-state index is 14.1. The Hall–Kier alpha value is -5.62. The average Bonchev–Trinajstić information content (AvgIpc) is 1.83. The molecule has 2 atom stereocenters. The minimum atomic E-state index is -1.58. The van der Waals surface area contributed by atoms with Crippen LogP contribution in [-0.4, -0.2) is 76.8 Å². The highest BCUT2D eigenvalue weighted by molar-refractivity contribution is 5.72. The smallest absolute Gasteiger partial charge is 0.306 e. The number of allylic oxidation sites excluding steroid dienone is 2. The molecule has 0 saturated carbocycles. The number of aliphatic hydroxyl groups is 1. The third-order valence-corrected chi connectivity index (χ3v) is 16.2. The van der Waals surface area contributed by atoms with Crippen LogP contribution >= 0.6 is 0 Å². The van der Waals surface area contributed by atoms with Crippen molar-refractivity contribution in [1.29, 1.82) is 0 Å². The van der Waals surface area contributed by atoms with Crippen molar-refractivity contribution < 1.29 is 58.6 Å². The summed E-state index contributed by atoms with van der Waals surface area (Å²) in [5, 5.41) is 45.8. The standard InChI is InChI=1S/C73H110O12/c1-65(2,3)49-33-45(34-50(61(49)78)66(4,5)6)25-29-57(74)82-41-73(42-83-58(75)30-26-46-35-51(67(7,8)9)62(79)52(36-46)68(10,11)12,43-84-59(76)31-27-47-37-53(69(13,14)15)63(80)54(38-47)70(16,17)18)44-85-60(77)32-28-48-39-55(71(19,20)21)64(81)56(40-48)72(22,23)24/h33-40,49,61,78-81H,25-32,41-44H2,1-24H3. The van der Waals surface area contributed by atoms with Gasteiger partial charge in [0.2, 0.25) is 0 Å². The summed E-state index contributed by atoms with van der Waals surface area (Å²) >= 11 is 0. The topological polar surface area (TPSA) is 186 Å². The van der Waals surface area contributed by atoms with Gasteiger partial charge in [-0.2, -0.15) is 0 Å². The second-order valence-electron chi connectivity index (χ2n) is 32.7. The molecule has 0 saturated heterocycles. The average molecular weight is 1180 g/mol. The fraction of sp³-hybridized carbons (Fsp3) is 0.644. The number of hydrogen-bond acceptors (Lipinski definition) is 12. The fourth-order valence-electron chi connectivity index (χ4n) is 10.8. The van der Waals surface area contributed by atoms with Gasteiger partial charge >= 0.3 is 23.9 Å². The molecule has 0 bridgehead atoms. The minimum absolute atomic E-state index is 0.0403. The number of carbonyl (C=O) groups is 4. The molecule has 4 rings (SSSR count). The number of aryl methyl sites for hydroxylation is 3. The van der Waals surface area contributed by atoms with E-state index < -0.39 is 94.3 Å². The molecule has 0 fully saturated rings. The van der Waals surface area contributed by atoms with Crippen molar-refractivity contribution in [2.45, 2.75) is 256 Å². The van der Waals surface area contributed by atoms with E-state index in [-0.39, 0.29) is 78.9 Å². The molecule has 4 N–H and O–H groups in total. The normalized spacial score (nSPS) is 15.9. The Bertz CT molecular complexity index is 2580. The SMILES string of the molecule is CC(C)(C)C1=CC(CCC(=O)OCC(COC(=O)CCc2cc(C(C)(C)C)c(O)c(C(C)(C)C)c2)(COC(=O)CCc2cc(C(C)(C)C)c(O)c(C(C)(C)C)c2)COC(=O)CCc2cc(C(C)(C)C)c(O)c(C(C)(C)C)c2)=CC(C(C)(C)C)C1O. The lowest BCUT2D eigenvalue weighted by atomic mass is 9.67. The number of rotatable bonds is 20. The molecule has 0 heterocycles. The highest BCUT2D eigenvalue weighted by Gasteiger charge is 2.41. The van der Waals surface area contributed by atoms with Crippen molar-refractivity contribution in [3.63, 3.8) is 0 Å². The maximum atomic E-state index is 14.1. The van der Waals surface area contributed by atoms with Crippen LogP contribution in [0.5, 0.6) is 17.2 Å². The number of ether oxygens (including phenoxy) is 4. The van der Waals surface area contributed by atoms with Crippen molar-refractivity contribution in [3.8, 4) is 17.2 Å². The molecule has 0 radical (unpaired) electrons. The van der Waals surface area contributed by atoms with Gasteiger partial charge in [-0.05, 0) is 125 Å². The molecule has 474 valence electrons. The van der Waals surface area contributed by atoms with Crippen LogP contribution in [0.15, 0.2) is 59.7 Å². The van der Waals surface area contributed by atoms with E-state index in [1.54, 1.807) is 0 Å². The van der Waals surface area contributed by atoms with Gasteiger partial charge in [-0.3, -0.25) is 19.2 Å². The summed E-state index contributed by atoms with van der Waals surface area (Å²) in [6.45, 7) is 47.1. The molecule has 0 aliphatic heterocycles. The van der Waals surface area contributed by atoms with Gasteiger partial charge in [-0.1, -0.05) is 220 Å². The van der Waals surface area contributed by atoms with Crippen LogP contribution in [0.3, 0.4) is 0 Å². The van der Waals surface area contributed by atoms with Gasteiger partial charge in [0.25, 0.3) is 0 Å². The fourth-order valence-corrected chi connectivity index (χ4v) is 10.8. The summed E-state index contributed by atoms with van der Waals surface area (Å²) in [6.07, 6.45) is 4.26. The van der Waals surface area contributed by atoms with Crippen molar-refractivity contribution in [3.05, 3.63) is 110 Å². The molecule has 2 unspecified atom stereocenters. The zero-order valence-corrected chi connectivity index (χ0v) is 56.8. The summed E-state index contributed by atoms with van der Waals surface area (Å²) in [7, 11) is 0.